The van der Waals surface area contributed by atoms with E-state index in [2.05, 4.69) is 0 Å². The Hall–Kier alpha value is -0.980. The molecule has 2 rings (SSSR count). The largest absolute Gasteiger partial charge is 0.350 e. The predicted molar refractivity (Wildman–Crippen MR) is 58.8 cm³/mol. The summed E-state index contributed by atoms with van der Waals surface area (Å²) in [5, 5.41) is 0. The summed E-state index contributed by atoms with van der Waals surface area (Å²) in [6.45, 7) is 0.755. The molecule has 0 aliphatic carbocycles. The van der Waals surface area contributed by atoms with Gasteiger partial charge in [-0.05, 0) is 12.1 Å². The van der Waals surface area contributed by atoms with Crippen molar-refractivity contribution >= 4 is 9.84 Å². The van der Waals surface area contributed by atoms with E-state index in [0.717, 1.165) is 0 Å². The zero-order chi connectivity index (χ0) is 12.3. The fraction of sp³-hybridized carbons (Fsp3) is 0.455. The van der Waals surface area contributed by atoms with Gasteiger partial charge in [0.2, 0.25) is 15.3 Å². The maximum Gasteiger partial charge on any atom is 0.210 e. The third-order valence-corrected chi connectivity index (χ3v) is 4.27. The molecule has 1 unspecified atom stereocenters. The summed E-state index contributed by atoms with van der Waals surface area (Å²) in [5.41, 5.74) is -2.01. The van der Waals surface area contributed by atoms with Crippen molar-refractivity contribution in [2.75, 3.05) is 13.2 Å². The summed E-state index contributed by atoms with van der Waals surface area (Å²) >= 11 is 0. The molecule has 0 radical (unpaired) electrons. The minimum Gasteiger partial charge on any atom is -0.350 e. The summed E-state index contributed by atoms with van der Waals surface area (Å²) in [6.07, 6.45) is -1.06. The molecule has 1 aliphatic rings. The van der Waals surface area contributed by atoms with Crippen LogP contribution < -0.4 is 0 Å². The Labute approximate surface area is 99.3 Å². The Morgan fingerprint density at radius 1 is 1.24 bits per heavy atom. The van der Waals surface area contributed by atoms with Gasteiger partial charge in [0.15, 0.2) is 6.29 Å². The number of halogens is 1. The van der Waals surface area contributed by atoms with Gasteiger partial charge in [-0.25, -0.2) is 12.8 Å². The van der Waals surface area contributed by atoms with Crippen LogP contribution in [0, 0.1) is 0 Å². The standard InChI is InChI=1S/C11H13FO4S/c12-10(8-11-15-6-7-16-11)17(13,14)9-4-2-1-3-5-9/h1-5,10-11H,6-8H2. The second kappa shape index (κ2) is 5.12. The van der Waals surface area contributed by atoms with Crippen LogP contribution in [0.3, 0.4) is 0 Å². The zero-order valence-electron chi connectivity index (χ0n) is 9.08. The summed E-state index contributed by atoms with van der Waals surface area (Å²) < 4.78 is 47.5. The number of rotatable bonds is 4. The number of benzene rings is 1. The van der Waals surface area contributed by atoms with Gasteiger partial charge >= 0.3 is 0 Å². The zero-order valence-corrected chi connectivity index (χ0v) is 9.90. The van der Waals surface area contributed by atoms with Crippen LogP contribution in [0.5, 0.6) is 0 Å². The molecule has 94 valence electrons. The Morgan fingerprint density at radius 2 is 1.82 bits per heavy atom. The molecule has 0 spiro atoms. The third-order valence-electron chi connectivity index (χ3n) is 2.48. The van der Waals surface area contributed by atoms with Gasteiger partial charge in [-0.15, -0.1) is 0 Å². The molecule has 0 amide bonds. The molecule has 1 saturated heterocycles. The Balaban J connectivity index is 2.09. The topological polar surface area (TPSA) is 52.6 Å². The van der Waals surface area contributed by atoms with Crippen LogP contribution in [-0.2, 0) is 19.3 Å². The molecule has 1 aliphatic heterocycles. The van der Waals surface area contributed by atoms with E-state index >= 15 is 0 Å². The lowest BCUT2D eigenvalue weighted by Crippen LogP contribution is -2.23. The highest BCUT2D eigenvalue weighted by Gasteiger charge is 2.31. The number of hydrogen-bond donors (Lipinski definition) is 0. The van der Waals surface area contributed by atoms with Gasteiger partial charge < -0.3 is 9.47 Å². The molecule has 0 aromatic heterocycles. The van der Waals surface area contributed by atoms with Crippen molar-refractivity contribution in [3.05, 3.63) is 30.3 Å². The number of ether oxygens (including phenoxy) is 2. The summed E-state index contributed by atoms with van der Waals surface area (Å²) in [4.78, 5) is -0.0227. The van der Waals surface area contributed by atoms with Crippen LogP contribution in [0.4, 0.5) is 4.39 Å². The lowest BCUT2D eigenvalue weighted by Gasteiger charge is -2.13. The van der Waals surface area contributed by atoms with Crippen molar-refractivity contribution in [2.24, 2.45) is 0 Å². The highest BCUT2D eigenvalue weighted by atomic mass is 32.2. The lowest BCUT2D eigenvalue weighted by molar-refractivity contribution is -0.0532. The van der Waals surface area contributed by atoms with Crippen molar-refractivity contribution in [1.82, 2.24) is 0 Å². The molecule has 4 nitrogen and oxygen atoms in total. The second-order valence-corrected chi connectivity index (χ2v) is 5.75. The van der Waals surface area contributed by atoms with E-state index < -0.39 is 21.6 Å². The molecule has 0 N–H and O–H groups in total. The van der Waals surface area contributed by atoms with Gasteiger partial charge in [-0.2, -0.15) is 0 Å². The normalized spacial score (nSPS) is 19.4. The second-order valence-electron chi connectivity index (χ2n) is 3.67. The van der Waals surface area contributed by atoms with E-state index in [1.165, 1.54) is 12.1 Å². The van der Waals surface area contributed by atoms with Crippen LogP contribution in [-0.4, -0.2) is 33.4 Å². The van der Waals surface area contributed by atoms with E-state index in [9.17, 15) is 12.8 Å². The predicted octanol–water partition coefficient (Wildman–Crippen LogP) is 1.52. The van der Waals surface area contributed by atoms with Gasteiger partial charge in [0.25, 0.3) is 0 Å². The Morgan fingerprint density at radius 3 is 2.41 bits per heavy atom. The van der Waals surface area contributed by atoms with Crippen molar-refractivity contribution in [3.8, 4) is 0 Å². The molecule has 0 saturated carbocycles. The molecule has 1 aromatic carbocycles. The first-order valence-corrected chi connectivity index (χ1v) is 6.81. The van der Waals surface area contributed by atoms with Gasteiger partial charge in [0.05, 0.1) is 18.1 Å². The van der Waals surface area contributed by atoms with Crippen molar-refractivity contribution < 1.29 is 22.3 Å². The number of alkyl halides is 1. The molecule has 1 fully saturated rings. The van der Waals surface area contributed by atoms with E-state index in [1.54, 1.807) is 18.2 Å². The van der Waals surface area contributed by atoms with Crippen LogP contribution in [0.25, 0.3) is 0 Å². The Bertz CT molecular complexity index is 454. The molecule has 1 aromatic rings. The van der Waals surface area contributed by atoms with E-state index in [1.807, 2.05) is 0 Å². The molecular formula is C11H13FO4S. The highest BCUT2D eigenvalue weighted by Crippen LogP contribution is 2.22. The molecule has 0 bridgehead atoms. The minimum absolute atomic E-state index is 0.0227. The maximum absolute atomic E-state index is 13.8. The molecular weight excluding hydrogens is 247 g/mol. The smallest absolute Gasteiger partial charge is 0.210 e. The number of hydrogen-bond acceptors (Lipinski definition) is 4. The van der Waals surface area contributed by atoms with Gasteiger partial charge in [0, 0.05) is 6.42 Å². The van der Waals surface area contributed by atoms with Crippen molar-refractivity contribution in [1.29, 1.82) is 0 Å². The molecule has 1 atom stereocenters. The van der Waals surface area contributed by atoms with E-state index in [0.29, 0.717) is 13.2 Å². The highest BCUT2D eigenvalue weighted by molar-refractivity contribution is 7.91. The quantitative estimate of drug-likeness (QED) is 0.823. The maximum atomic E-state index is 13.8. The fourth-order valence-corrected chi connectivity index (χ4v) is 2.82. The molecule has 6 heteroatoms. The average molecular weight is 260 g/mol. The SMILES string of the molecule is O=S(=O)(c1ccccc1)C(F)CC1OCCO1. The molecule has 17 heavy (non-hydrogen) atoms. The fourth-order valence-electron chi connectivity index (χ4n) is 1.58. The summed E-state index contributed by atoms with van der Waals surface area (Å²) in [6, 6.07) is 7.54. The third kappa shape index (κ3) is 2.83. The number of sulfone groups is 1. The van der Waals surface area contributed by atoms with Crippen LogP contribution in [0.15, 0.2) is 35.2 Å². The summed E-state index contributed by atoms with van der Waals surface area (Å²) in [5.74, 6) is 0. The van der Waals surface area contributed by atoms with Crippen molar-refractivity contribution in [2.45, 2.75) is 23.1 Å². The lowest BCUT2D eigenvalue weighted by atomic mass is 10.4. The first-order chi connectivity index (χ1) is 8.10. The summed E-state index contributed by atoms with van der Waals surface area (Å²) in [7, 11) is -3.95. The Kier molecular flexibility index (Phi) is 3.76. The van der Waals surface area contributed by atoms with Gasteiger partial charge in [0.1, 0.15) is 0 Å². The van der Waals surface area contributed by atoms with Gasteiger partial charge in [-0.1, -0.05) is 18.2 Å². The average Bonchev–Trinajstić information content (AvgIpc) is 2.83. The monoisotopic (exact) mass is 260 g/mol. The minimum atomic E-state index is -3.95. The first kappa shape index (κ1) is 12.5. The van der Waals surface area contributed by atoms with Gasteiger partial charge in [-0.3, -0.25) is 0 Å². The van der Waals surface area contributed by atoms with E-state index in [4.69, 9.17) is 9.47 Å². The van der Waals surface area contributed by atoms with Crippen molar-refractivity contribution in [3.63, 3.8) is 0 Å². The van der Waals surface area contributed by atoms with Crippen LogP contribution in [0.1, 0.15) is 6.42 Å². The van der Waals surface area contributed by atoms with Crippen LogP contribution in [0.2, 0.25) is 0 Å². The van der Waals surface area contributed by atoms with Crippen LogP contribution >= 0.6 is 0 Å². The molecule has 1 heterocycles. The van der Waals surface area contributed by atoms with E-state index in [-0.39, 0.29) is 11.3 Å². The first-order valence-electron chi connectivity index (χ1n) is 5.27.